The van der Waals surface area contributed by atoms with Gasteiger partial charge in [-0.2, -0.15) is 0 Å². The number of imidazole rings is 1. The smallest absolute Gasteiger partial charge is 0.313 e. The molecule has 0 aliphatic rings. The molecule has 0 aliphatic heterocycles. The van der Waals surface area contributed by atoms with Crippen LogP contribution in [0.15, 0.2) is 12.5 Å². The molecular weight excluding hydrogens is 230 g/mol. The minimum absolute atomic E-state index is 0.192. The van der Waals surface area contributed by atoms with Crippen LogP contribution in [0.25, 0.3) is 0 Å². The molecule has 0 amide bonds. The summed E-state index contributed by atoms with van der Waals surface area (Å²) in [5.41, 5.74) is 0.276. The quantitative estimate of drug-likeness (QED) is 0.809. The maximum atomic E-state index is 11.7. The number of nitrogens with one attached hydrogen (secondary N) is 1. The molecule has 0 aliphatic carbocycles. The minimum Gasteiger partial charge on any atom is -0.469 e. The number of methoxy groups -OCH3 is 1. The molecule has 1 N–H and O–H groups in total. The molecule has 0 bridgehead atoms. The zero-order valence-corrected chi connectivity index (χ0v) is 12.1. The van der Waals surface area contributed by atoms with Crippen molar-refractivity contribution in [2.24, 2.45) is 5.41 Å². The lowest BCUT2D eigenvalue weighted by atomic mass is 9.92. The molecule has 102 valence electrons. The van der Waals surface area contributed by atoms with Crippen LogP contribution in [0.2, 0.25) is 0 Å². The van der Waals surface area contributed by atoms with Crippen LogP contribution in [0.4, 0.5) is 0 Å². The lowest BCUT2D eigenvalue weighted by Gasteiger charge is -2.29. The molecule has 5 nitrogen and oxygen atoms in total. The Morgan fingerprint density at radius 3 is 2.56 bits per heavy atom. The molecule has 0 atom stereocenters. The second kappa shape index (κ2) is 5.10. The van der Waals surface area contributed by atoms with E-state index in [9.17, 15) is 4.79 Å². The molecule has 1 rings (SSSR count). The Balaban J connectivity index is 3.00. The summed E-state index contributed by atoms with van der Waals surface area (Å²) in [6.45, 7) is 8.43. The number of aromatic nitrogens is 2. The highest BCUT2D eigenvalue weighted by atomic mass is 16.5. The van der Waals surface area contributed by atoms with Crippen LogP contribution in [0.1, 0.15) is 33.4 Å². The molecule has 0 saturated carbocycles. The maximum Gasteiger partial charge on any atom is 0.313 e. The van der Waals surface area contributed by atoms with Crippen molar-refractivity contribution in [3.05, 3.63) is 18.2 Å². The number of hydrogen-bond donors (Lipinski definition) is 1. The van der Waals surface area contributed by atoms with E-state index in [4.69, 9.17) is 4.74 Å². The first-order valence-electron chi connectivity index (χ1n) is 6.02. The van der Waals surface area contributed by atoms with Gasteiger partial charge in [0.2, 0.25) is 0 Å². The van der Waals surface area contributed by atoms with E-state index in [1.54, 1.807) is 6.33 Å². The molecule has 0 unspecified atom stereocenters. The van der Waals surface area contributed by atoms with Gasteiger partial charge >= 0.3 is 5.97 Å². The van der Waals surface area contributed by atoms with Crippen molar-refractivity contribution >= 4 is 5.97 Å². The van der Waals surface area contributed by atoms with E-state index >= 15 is 0 Å². The Bertz CT molecular complexity index is 422. The lowest BCUT2D eigenvalue weighted by Crippen LogP contribution is -2.38. The molecule has 0 saturated heterocycles. The Morgan fingerprint density at radius 1 is 1.44 bits per heavy atom. The Labute approximate surface area is 109 Å². The van der Waals surface area contributed by atoms with E-state index in [0.29, 0.717) is 6.54 Å². The van der Waals surface area contributed by atoms with Crippen molar-refractivity contribution < 1.29 is 9.53 Å². The van der Waals surface area contributed by atoms with Crippen molar-refractivity contribution in [3.8, 4) is 0 Å². The van der Waals surface area contributed by atoms with Crippen LogP contribution in [-0.4, -0.2) is 29.7 Å². The molecule has 0 aromatic carbocycles. The number of ether oxygens (including phenoxy) is 1. The highest BCUT2D eigenvalue weighted by molar-refractivity contribution is 5.75. The third kappa shape index (κ3) is 2.90. The van der Waals surface area contributed by atoms with Gasteiger partial charge in [-0.05, 0) is 34.7 Å². The Kier molecular flexibility index (Phi) is 4.16. The Morgan fingerprint density at radius 2 is 2.06 bits per heavy atom. The predicted molar refractivity (Wildman–Crippen MR) is 70.1 cm³/mol. The topological polar surface area (TPSA) is 56.2 Å². The van der Waals surface area contributed by atoms with E-state index in [1.807, 2.05) is 31.7 Å². The van der Waals surface area contributed by atoms with Gasteiger partial charge in [0.1, 0.15) is 0 Å². The van der Waals surface area contributed by atoms with E-state index < -0.39 is 5.41 Å². The van der Waals surface area contributed by atoms with Gasteiger partial charge in [-0.25, -0.2) is 4.98 Å². The standard InChI is InChI=1S/C13H23N3O2/c1-12(2,11(17)18-6)8-16-9-15-7-10(16)13(3,4)14-5/h7,9,14H,8H2,1-6H3. The number of nitrogens with zero attached hydrogens (tertiary/aromatic N) is 2. The largest absolute Gasteiger partial charge is 0.469 e. The van der Waals surface area contributed by atoms with Gasteiger partial charge in [0.05, 0.1) is 30.1 Å². The number of carbonyl (C=O) groups is 1. The van der Waals surface area contributed by atoms with Gasteiger partial charge in [-0.1, -0.05) is 0 Å². The molecule has 1 aromatic rings. The van der Waals surface area contributed by atoms with Crippen molar-refractivity contribution in [3.63, 3.8) is 0 Å². The first kappa shape index (κ1) is 14.7. The molecular formula is C13H23N3O2. The lowest BCUT2D eigenvalue weighted by molar-refractivity contribution is -0.151. The summed E-state index contributed by atoms with van der Waals surface area (Å²) in [6.07, 6.45) is 3.57. The predicted octanol–water partition coefficient (Wildman–Crippen LogP) is 1.54. The van der Waals surface area contributed by atoms with Crippen LogP contribution < -0.4 is 5.32 Å². The normalized spacial score (nSPS) is 12.6. The first-order chi connectivity index (χ1) is 8.24. The second-order valence-electron chi connectivity index (χ2n) is 5.66. The van der Waals surface area contributed by atoms with Crippen LogP contribution in [0, 0.1) is 5.41 Å². The van der Waals surface area contributed by atoms with Crippen molar-refractivity contribution in [1.82, 2.24) is 14.9 Å². The molecule has 0 fully saturated rings. The SMILES string of the molecule is CNC(C)(C)c1cncn1CC(C)(C)C(=O)OC. The molecule has 5 heteroatoms. The van der Waals surface area contributed by atoms with Gasteiger partial charge in [0.15, 0.2) is 0 Å². The summed E-state index contributed by atoms with van der Waals surface area (Å²) in [4.78, 5) is 15.9. The van der Waals surface area contributed by atoms with Gasteiger partial charge in [-0.15, -0.1) is 0 Å². The van der Waals surface area contributed by atoms with Crippen LogP contribution in [0.5, 0.6) is 0 Å². The van der Waals surface area contributed by atoms with Crippen molar-refractivity contribution in [2.75, 3.05) is 14.2 Å². The number of hydrogen-bond acceptors (Lipinski definition) is 4. The molecule has 18 heavy (non-hydrogen) atoms. The molecule has 0 spiro atoms. The minimum atomic E-state index is -0.575. The van der Waals surface area contributed by atoms with Crippen LogP contribution >= 0.6 is 0 Å². The fourth-order valence-corrected chi connectivity index (χ4v) is 1.86. The summed E-state index contributed by atoms with van der Waals surface area (Å²) in [5.74, 6) is -0.218. The summed E-state index contributed by atoms with van der Waals surface area (Å²) >= 11 is 0. The average Bonchev–Trinajstić information content (AvgIpc) is 2.75. The summed E-state index contributed by atoms with van der Waals surface area (Å²) in [5, 5.41) is 3.24. The molecule has 1 aromatic heterocycles. The summed E-state index contributed by atoms with van der Waals surface area (Å²) in [6, 6.07) is 0. The van der Waals surface area contributed by atoms with Crippen LogP contribution in [0.3, 0.4) is 0 Å². The number of carbonyl (C=O) groups excluding carboxylic acids is 1. The second-order valence-corrected chi connectivity index (χ2v) is 5.66. The Hall–Kier alpha value is -1.36. The first-order valence-corrected chi connectivity index (χ1v) is 6.02. The van der Waals surface area contributed by atoms with E-state index in [0.717, 1.165) is 5.69 Å². The zero-order chi connectivity index (χ0) is 14.0. The highest BCUT2D eigenvalue weighted by Gasteiger charge is 2.31. The summed E-state index contributed by atoms with van der Waals surface area (Å²) in [7, 11) is 3.32. The van der Waals surface area contributed by atoms with Crippen LogP contribution in [-0.2, 0) is 21.6 Å². The molecule has 1 heterocycles. The maximum absolute atomic E-state index is 11.7. The third-order valence-electron chi connectivity index (χ3n) is 3.28. The van der Waals surface area contributed by atoms with Gasteiger partial charge < -0.3 is 14.6 Å². The average molecular weight is 253 g/mol. The van der Waals surface area contributed by atoms with Crippen molar-refractivity contribution in [1.29, 1.82) is 0 Å². The summed E-state index contributed by atoms with van der Waals surface area (Å²) < 4.78 is 6.82. The monoisotopic (exact) mass is 253 g/mol. The van der Waals surface area contributed by atoms with Gasteiger partial charge in [0.25, 0.3) is 0 Å². The molecule has 0 radical (unpaired) electrons. The van der Waals surface area contributed by atoms with E-state index in [1.165, 1.54) is 7.11 Å². The fourth-order valence-electron chi connectivity index (χ4n) is 1.86. The highest BCUT2D eigenvalue weighted by Crippen LogP contribution is 2.25. The fraction of sp³-hybridized carbons (Fsp3) is 0.692. The van der Waals surface area contributed by atoms with Crippen molar-refractivity contribution in [2.45, 2.75) is 39.8 Å². The number of rotatable bonds is 5. The van der Waals surface area contributed by atoms with Gasteiger partial charge in [-0.3, -0.25) is 4.79 Å². The number of esters is 1. The van der Waals surface area contributed by atoms with E-state index in [-0.39, 0.29) is 11.5 Å². The van der Waals surface area contributed by atoms with E-state index in [2.05, 4.69) is 24.1 Å². The third-order valence-corrected chi connectivity index (χ3v) is 3.28. The van der Waals surface area contributed by atoms with Gasteiger partial charge in [0, 0.05) is 12.7 Å². The zero-order valence-electron chi connectivity index (χ0n) is 12.1.